The molecular formula is C16H23ClF3N5O. The number of amides is 1. The molecule has 0 aromatic carbocycles. The molecule has 1 aliphatic rings. The Morgan fingerprint density at radius 2 is 1.92 bits per heavy atom. The Morgan fingerprint density at radius 1 is 1.23 bits per heavy atom. The molecule has 1 saturated heterocycles. The van der Waals surface area contributed by atoms with Crippen molar-refractivity contribution in [1.29, 1.82) is 0 Å². The van der Waals surface area contributed by atoms with Crippen molar-refractivity contribution in [3.05, 3.63) is 16.9 Å². The highest BCUT2D eigenvalue weighted by molar-refractivity contribution is 6.33. The van der Waals surface area contributed by atoms with Crippen LogP contribution >= 0.6 is 11.6 Å². The summed E-state index contributed by atoms with van der Waals surface area (Å²) in [7, 11) is 0. The number of anilines is 1. The number of alkyl halides is 3. The number of carbonyl (C=O) groups is 1. The zero-order valence-electron chi connectivity index (χ0n) is 14.9. The van der Waals surface area contributed by atoms with Crippen molar-refractivity contribution in [2.24, 2.45) is 0 Å². The quantitative estimate of drug-likeness (QED) is 0.770. The fourth-order valence-corrected chi connectivity index (χ4v) is 3.07. The van der Waals surface area contributed by atoms with E-state index >= 15 is 0 Å². The van der Waals surface area contributed by atoms with Crippen LogP contribution in [0.4, 0.5) is 19.1 Å². The summed E-state index contributed by atoms with van der Waals surface area (Å²) in [5.41, 5.74) is 0.0906. The molecular weight excluding hydrogens is 371 g/mol. The molecule has 1 aromatic rings. The third-order valence-electron chi connectivity index (χ3n) is 4.26. The number of halogens is 4. The predicted octanol–water partition coefficient (Wildman–Crippen LogP) is 2.69. The first kappa shape index (κ1) is 20.7. The summed E-state index contributed by atoms with van der Waals surface area (Å²) < 4.78 is 37.7. The third kappa shape index (κ3) is 5.44. The van der Waals surface area contributed by atoms with Gasteiger partial charge in [-0.2, -0.15) is 13.2 Å². The Morgan fingerprint density at radius 3 is 2.54 bits per heavy atom. The zero-order valence-corrected chi connectivity index (χ0v) is 15.6. The maximum absolute atomic E-state index is 12.8. The summed E-state index contributed by atoms with van der Waals surface area (Å²) in [6, 6.07) is 0. The highest BCUT2D eigenvalue weighted by Crippen LogP contribution is 2.21. The lowest BCUT2D eigenvalue weighted by Crippen LogP contribution is -2.39. The molecule has 10 heteroatoms. The standard InChI is InChI=1S/C16H23ClF3N5O/c1-3-24(4-2)15-21-10-12(17)13(22-15)14(26)25-7-5-6-23(8-9-25)11-16(18,19)20/h10H,3-9,11H2,1-2H3. The average Bonchev–Trinajstić information content (AvgIpc) is 2.80. The summed E-state index contributed by atoms with van der Waals surface area (Å²) >= 11 is 6.11. The van der Waals surface area contributed by atoms with E-state index in [1.165, 1.54) is 16.0 Å². The van der Waals surface area contributed by atoms with Gasteiger partial charge in [0.15, 0.2) is 5.69 Å². The van der Waals surface area contributed by atoms with Crippen LogP contribution in [0.1, 0.15) is 30.8 Å². The fourth-order valence-electron chi connectivity index (χ4n) is 2.90. The molecule has 0 saturated carbocycles. The van der Waals surface area contributed by atoms with Crippen LogP contribution in [0, 0.1) is 0 Å². The van der Waals surface area contributed by atoms with E-state index in [0.29, 0.717) is 38.5 Å². The summed E-state index contributed by atoms with van der Waals surface area (Å²) in [5, 5.41) is 0.141. The monoisotopic (exact) mass is 393 g/mol. The average molecular weight is 394 g/mol. The number of nitrogens with zero attached hydrogens (tertiary/aromatic N) is 5. The summed E-state index contributed by atoms with van der Waals surface area (Å²) in [6.45, 7) is 5.34. The van der Waals surface area contributed by atoms with E-state index in [4.69, 9.17) is 11.6 Å². The molecule has 0 unspecified atom stereocenters. The molecule has 0 atom stereocenters. The van der Waals surface area contributed by atoms with Crippen molar-refractivity contribution >= 4 is 23.5 Å². The van der Waals surface area contributed by atoms with Crippen molar-refractivity contribution in [3.8, 4) is 0 Å². The normalized spacial score (nSPS) is 16.5. The minimum atomic E-state index is -4.24. The molecule has 1 fully saturated rings. The van der Waals surface area contributed by atoms with Crippen molar-refractivity contribution in [2.45, 2.75) is 26.4 Å². The third-order valence-corrected chi connectivity index (χ3v) is 4.54. The Labute approximate surface area is 155 Å². The van der Waals surface area contributed by atoms with E-state index in [2.05, 4.69) is 9.97 Å². The Bertz CT molecular complexity index is 624. The summed E-state index contributed by atoms with van der Waals surface area (Å²) in [6.07, 6.45) is -2.38. The van der Waals surface area contributed by atoms with Gasteiger partial charge in [-0.25, -0.2) is 9.97 Å². The molecule has 1 aliphatic heterocycles. The maximum Gasteiger partial charge on any atom is 0.401 e. The molecule has 2 rings (SSSR count). The molecule has 26 heavy (non-hydrogen) atoms. The number of hydrogen-bond donors (Lipinski definition) is 0. The molecule has 1 amide bonds. The lowest BCUT2D eigenvalue weighted by Gasteiger charge is -2.23. The lowest BCUT2D eigenvalue weighted by molar-refractivity contribution is -0.145. The van der Waals surface area contributed by atoms with Gasteiger partial charge in [0.1, 0.15) is 0 Å². The van der Waals surface area contributed by atoms with E-state index in [1.54, 1.807) is 0 Å². The van der Waals surface area contributed by atoms with Gasteiger partial charge in [-0.05, 0) is 20.3 Å². The van der Waals surface area contributed by atoms with Gasteiger partial charge in [0, 0.05) is 39.3 Å². The van der Waals surface area contributed by atoms with E-state index in [9.17, 15) is 18.0 Å². The first-order valence-corrected chi connectivity index (χ1v) is 8.98. The maximum atomic E-state index is 12.8. The van der Waals surface area contributed by atoms with Crippen LogP contribution in [0.25, 0.3) is 0 Å². The summed E-state index contributed by atoms with van der Waals surface area (Å²) in [4.78, 5) is 26.0. The fraction of sp³-hybridized carbons (Fsp3) is 0.688. The second-order valence-electron chi connectivity index (χ2n) is 6.08. The highest BCUT2D eigenvalue weighted by Gasteiger charge is 2.32. The summed E-state index contributed by atoms with van der Waals surface area (Å²) in [5.74, 6) is 0.0379. The predicted molar refractivity (Wildman–Crippen MR) is 93.6 cm³/mol. The van der Waals surface area contributed by atoms with Crippen LogP contribution in [-0.2, 0) is 0 Å². The van der Waals surface area contributed by atoms with Crippen LogP contribution in [0.15, 0.2) is 6.20 Å². The molecule has 6 nitrogen and oxygen atoms in total. The molecule has 0 radical (unpaired) electrons. The number of rotatable bonds is 5. The second kappa shape index (κ2) is 8.85. The molecule has 1 aromatic heterocycles. The SMILES string of the molecule is CCN(CC)c1ncc(Cl)c(C(=O)N2CCCN(CC(F)(F)F)CC2)n1. The van der Waals surface area contributed by atoms with Crippen molar-refractivity contribution < 1.29 is 18.0 Å². The van der Waals surface area contributed by atoms with Gasteiger partial charge < -0.3 is 9.80 Å². The van der Waals surface area contributed by atoms with Gasteiger partial charge in [0.25, 0.3) is 5.91 Å². The van der Waals surface area contributed by atoms with E-state index in [-0.39, 0.29) is 29.7 Å². The van der Waals surface area contributed by atoms with Crippen molar-refractivity contribution in [2.75, 3.05) is 50.7 Å². The van der Waals surface area contributed by atoms with Crippen LogP contribution in [-0.4, -0.2) is 77.7 Å². The smallest absolute Gasteiger partial charge is 0.341 e. The first-order chi connectivity index (χ1) is 12.2. The van der Waals surface area contributed by atoms with E-state index < -0.39 is 12.7 Å². The first-order valence-electron chi connectivity index (χ1n) is 8.61. The molecule has 2 heterocycles. The van der Waals surface area contributed by atoms with Crippen LogP contribution < -0.4 is 4.90 Å². The van der Waals surface area contributed by atoms with Gasteiger partial charge in [-0.15, -0.1) is 0 Å². The van der Waals surface area contributed by atoms with Crippen molar-refractivity contribution in [3.63, 3.8) is 0 Å². The Balaban J connectivity index is 2.12. The van der Waals surface area contributed by atoms with E-state index in [0.717, 1.165) is 0 Å². The molecule has 0 aliphatic carbocycles. The van der Waals surface area contributed by atoms with Crippen LogP contribution in [0.5, 0.6) is 0 Å². The van der Waals surface area contributed by atoms with Crippen LogP contribution in [0.2, 0.25) is 5.02 Å². The zero-order chi connectivity index (χ0) is 19.3. The highest BCUT2D eigenvalue weighted by atomic mass is 35.5. The van der Waals surface area contributed by atoms with Gasteiger partial charge >= 0.3 is 6.18 Å². The van der Waals surface area contributed by atoms with Gasteiger partial charge in [-0.3, -0.25) is 9.69 Å². The molecule has 0 bridgehead atoms. The Hall–Kier alpha value is -1.61. The molecule has 146 valence electrons. The van der Waals surface area contributed by atoms with Gasteiger partial charge in [0.2, 0.25) is 5.95 Å². The van der Waals surface area contributed by atoms with Crippen molar-refractivity contribution in [1.82, 2.24) is 19.8 Å². The minimum Gasteiger partial charge on any atom is -0.341 e. The van der Waals surface area contributed by atoms with Gasteiger partial charge in [-0.1, -0.05) is 11.6 Å². The number of aromatic nitrogens is 2. The van der Waals surface area contributed by atoms with Gasteiger partial charge in [0.05, 0.1) is 17.8 Å². The van der Waals surface area contributed by atoms with Crippen LogP contribution in [0.3, 0.4) is 0 Å². The topological polar surface area (TPSA) is 52.6 Å². The molecule has 0 N–H and O–H groups in total. The number of hydrogen-bond acceptors (Lipinski definition) is 5. The minimum absolute atomic E-state index is 0.0906. The van der Waals surface area contributed by atoms with E-state index in [1.807, 2.05) is 18.7 Å². The lowest BCUT2D eigenvalue weighted by atomic mass is 10.3. The Kier molecular flexibility index (Phi) is 7.05. The second-order valence-corrected chi connectivity index (χ2v) is 6.48. The molecule has 0 spiro atoms. The largest absolute Gasteiger partial charge is 0.401 e. The number of carbonyl (C=O) groups excluding carboxylic acids is 1.